The molecule has 0 atom stereocenters. The molecule has 0 bridgehead atoms. The Labute approximate surface area is 155 Å². The molecular formula is C19H16ClN5O. The second-order valence-electron chi connectivity index (χ2n) is 5.86. The highest BCUT2D eigenvalue weighted by atomic mass is 35.5. The summed E-state index contributed by atoms with van der Waals surface area (Å²) in [6.07, 6.45) is 0.995. The Kier molecular flexibility index (Phi) is 4.26. The molecule has 0 aliphatic rings. The van der Waals surface area contributed by atoms with Crippen molar-refractivity contribution in [3.8, 4) is 28.7 Å². The van der Waals surface area contributed by atoms with Gasteiger partial charge in [-0.15, -0.1) is 5.10 Å². The van der Waals surface area contributed by atoms with Crippen molar-refractivity contribution in [2.75, 3.05) is 0 Å². The van der Waals surface area contributed by atoms with E-state index in [2.05, 4.69) is 39.5 Å². The molecule has 4 rings (SSSR count). The minimum absolute atomic E-state index is 0.314. The number of rotatable bonds is 4. The second-order valence-corrected chi connectivity index (χ2v) is 6.27. The number of hydrogen-bond acceptors (Lipinski definition) is 5. The van der Waals surface area contributed by atoms with Gasteiger partial charge in [0.25, 0.3) is 5.89 Å². The minimum Gasteiger partial charge on any atom is -0.332 e. The zero-order chi connectivity index (χ0) is 18.1. The predicted octanol–water partition coefficient (Wildman–Crippen LogP) is 4.51. The van der Waals surface area contributed by atoms with Gasteiger partial charge in [-0.25, -0.2) is 4.68 Å². The van der Waals surface area contributed by atoms with Crippen LogP contribution < -0.4 is 0 Å². The molecule has 0 spiro atoms. The van der Waals surface area contributed by atoms with E-state index in [0.29, 0.717) is 28.0 Å². The van der Waals surface area contributed by atoms with Gasteiger partial charge >= 0.3 is 0 Å². The van der Waals surface area contributed by atoms with E-state index in [0.717, 1.165) is 17.8 Å². The van der Waals surface area contributed by atoms with Crippen molar-refractivity contribution < 1.29 is 4.52 Å². The van der Waals surface area contributed by atoms with Crippen molar-refractivity contribution in [2.24, 2.45) is 0 Å². The van der Waals surface area contributed by atoms with E-state index in [4.69, 9.17) is 16.1 Å². The molecule has 0 saturated heterocycles. The summed E-state index contributed by atoms with van der Waals surface area (Å²) >= 11 is 6.20. The van der Waals surface area contributed by atoms with Crippen LogP contribution in [0.4, 0.5) is 0 Å². The lowest BCUT2D eigenvalue weighted by molar-refractivity contribution is 0.430. The molecule has 0 aliphatic carbocycles. The summed E-state index contributed by atoms with van der Waals surface area (Å²) in [6.45, 7) is 4.04. The summed E-state index contributed by atoms with van der Waals surface area (Å²) in [5.74, 6) is 0.737. The van der Waals surface area contributed by atoms with Gasteiger partial charge in [0.1, 0.15) is 0 Å². The Bertz CT molecular complexity index is 1050. The fourth-order valence-corrected chi connectivity index (χ4v) is 2.94. The smallest absolute Gasteiger partial charge is 0.280 e. The molecule has 0 fully saturated rings. The summed E-state index contributed by atoms with van der Waals surface area (Å²) in [7, 11) is 0. The number of hydrogen-bond donors (Lipinski definition) is 0. The highest BCUT2D eigenvalue weighted by Crippen LogP contribution is 2.28. The largest absolute Gasteiger partial charge is 0.332 e. The molecule has 0 aliphatic heterocycles. The van der Waals surface area contributed by atoms with Gasteiger partial charge in [-0.2, -0.15) is 4.98 Å². The fraction of sp³-hybridized carbons (Fsp3) is 0.158. The third-order valence-corrected chi connectivity index (χ3v) is 4.56. The standard InChI is InChI=1S/C19H16ClN5O/c1-3-13-8-10-14(11-9-13)25-12(2)17(22-24-25)19-21-18(23-26-19)15-6-4-5-7-16(15)20/h4-11H,3H2,1-2H3. The molecule has 26 heavy (non-hydrogen) atoms. The number of aromatic nitrogens is 5. The van der Waals surface area contributed by atoms with Crippen LogP contribution in [0.3, 0.4) is 0 Å². The van der Waals surface area contributed by atoms with Gasteiger partial charge < -0.3 is 4.52 Å². The van der Waals surface area contributed by atoms with Crippen LogP contribution in [-0.2, 0) is 6.42 Å². The first-order chi connectivity index (χ1) is 12.7. The van der Waals surface area contributed by atoms with Gasteiger partial charge in [-0.05, 0) is 43.2 Å². The van der Waals surface area contributed by atoms with Crippen LogP contribution >= 0.6 is 11.6 Å². The summed E-state index contributed by atoms with van der Waals surface area (Å²) in [5, 5.41) is 13.0. The predicted molar refractivity (Wildman–Crippen MR) is 99.2 cm³/mol. The SMILES string of the molecule is CCc1ccc(-n2nnc(-c3nc(-c4ccccc4Cl)no3)c2C)cc1. The van der Waals surface area contributed by atoms with Crippen molar-refractivity contribution in [3.05, 3.63) is 64.8 Å². The highest BCUT2D eigenvalue weighted by molar-refractivity contribution is 6.33. The average molecular weight is 366 g/mol. The molecule has 4 aromatic rings. The van der Waals surface area contributed by atoms with Crippen molar-refractivity contribution in [3.63, 3.8) is 0 Å². The number of benzene rings is 2. The van der Waals surface area contributed by atoms with E-state index in [1.165, 1.54) is 5.56 Å². The van der Waals surface area contributed by atoms with Crippen molar-refractivity contribution >= 4 is 11.6 Å². The maximum atomic E-state index is 6.20. The van der Waals surface area contributed by atoms with Crippen molar-refractivity contribution in [1.29, 1.82) is 0 Å². The molecule has 6 nitrogen and oxygen atoms in total. The fourth-order valence-electron chi connectivity index (χ4n) is 2.72. The van der Waals surface area contributed by atoms with E-state index in [-0.39, 0.29) is 0 Å². The van der Waals surface area contributed by atoms with Crippen LogP contribution in [-0.4, -0.2) is 25.1 Å². The summed E-state index contributed by atoms with van der Waals surface area (Å²) in [6, 6.07) is 15.6. The van der Waals surface area contributed by atoms with Crippen LogP contribution in [0.15, 0.2) is 53.1 Å². The van der Waals surface area contributed by atoms with Crippen molar-refractivity contribution in [1.82, 2.24) is 25.1 Å². The van der Waals surface area contributed by atoms with E-state index in [1.54, 1.807) is 10.7 Å². The van der Waals surface area contributed by atoms with Gasteiger partial charge in [-0.1, -0.05) is 53.2 Å². The van der Waals surface area contributed by atoms with Crippen LogP contribution in [0.5, 0.6) is 0 Å². The molecule has 0 saturated carbocycles. The van der Waals surface area contributed by atoms with Crippen molar-refractivity contribution in [2.45, 2.75) is 20.3 Å². The molecule has 0 unspecified atom stereocenters. The molecule has 7 heteroatoms. The van der Waals surface area contributed by atoms with Crippen LogP contribution in [0.2, 0.25) is 5.02 Å². The Balaban J connectivity index is 1.69. The molecule has 0 amide bonds. The Morgan fingerprint density at radius 2 is 1.85 bits per heavy atom. The first-order valence-corrected chi connectivity index (χ1v) is 8.65. The number of halogens is 1. The topological polar surface area (TPSA) is 69.6 Å². The summed E-state index contributed by atoms with van der Waals surface area (Å²) in [5.41, 5.74) is 4.29. The zero-order valence-corrected chi connectivity index (χ0v) is 15.1. The van der Waals surface area contributed by atoms with Crippen LogP contribution in [0.1, 0.15) is 18.2 Å². The Morgan fingerprint density at radius 3 is 2.58 bits per heavy atom. The monoisotopic (exact) mass is 365 g/mol. The van der Waals surface area contributed by atoms with E-state index in [1.807, 2.05) is 37.3 Å². The van der Waals surface area contributed by atoms with E-state index < -0.39 is 0 Å². The van der Waals surface area contributed by atoms with Crippen LogP contribution in [0, 0.1) is 6.92 Å². The molecule has 2 aromatic carbocycles. The average Bonchev–Trinajstić information content (AvgIpc) is 3.29. The molecule has 130 valence electrons. The lowest BCUT2D eigenvalue weighted by atomic mass is 10.1. The molecule has 2 aromatic heterocycles. The first kappa shape index (κ1) is 16.5. The first-order valence-electron chi connectivity index (χ1n) is 8.28. The quantitative estimate of drug-likeness (QED) is 0.532. The van der Waals surface area contributed by atoms with E-state index in [9.17, 15) is 0 Å². The maximum absolute atomic E-state index is 6.20. The lowest BCUT2D eigenvalue weighted by Crippen LogP contribution is -1.99. The Hall–Kier alpha value is -2.99. The maximum Gasteiger partial charge on any atom is 0.280 e. The van der Waals surface area contributed by atoms with Crippen LogP contribution in [0.25, 0.3) is 28.7 Å². The normalized spacial score (nSPS) is 11.0. The van der Waals surface area contributed by atoms with Gasteiger partial charge in [0.05, 0.1) is 16.4 Å². The summed E-state index contributed by atoms with van der Waals surface area (Å²) in [4.78, 5) is 4.43. The van der Waals surface area contributed by atoms with E-state index >= 15 is 0 Å². The number of aryl methyl sites for hydroxylation is 1. The second kappa shape index (κ2) is 6.72. The third-order valence-electron chi connectivity index (χ3n) is 4.23. The molecule has 2 heterocycles. The van der Waals surface area contributed by atoms with Gasteiger partial charge in [0, 0.05) is 5.56 Å². The molecule has 0 N–H and O–H groups in total. The van der Waals surface area contributed by atoms with Gasteiger partial charge in [0.2, 0.25) is 5.82 Å². The minimum atomic E-state index is 0.314. The lowest BCUT2D eigenvalue weighted by Gasteiger charge is -2.04. The molecule has 0 radical (unpaired) electrons. The molecular weight excluding hydrogens is 350 g/mol. The van der Waals surface area contributed by atoms with Gasteiger partial charge in [0.15, 0.2) is 5.69 Å². The third kappa shape index (κ3) is 2.88. The highest BCUT2D eigenvalue weighted by Gasteiger charge is 2.19. The Morgan fingerprint density at radius 1 is 1.08 bits per heavy atom. The van der Waals surface area contributed by atoms with Gasteiger partial charge in [-0.3, -0.25) is 0 Å². The summed E-state index contributed by atoms with van der Waals surface area (Å²) < 4.78 is 7.15. The number of nitrogens with zero attached hydrogens (tertiary/aromatic N) is 5. The zero-order valence-electron chi connectivity index (χ0n) is 14.3.